The molecule has 2 aromatic carbocycles. The number of benzene rings is 2. The Morgan fingerprint density at radius 3 is 1.65 bits per heavy atom. The number of hydrogen-bond donors (Lipinski definition) is 0. The summed E-state index contributed by atoms with van der Waals surface area (Å²) in [5.41, 5.74) is 1.15. The number of fused-ring (bicyclic) bond motifs is 2. The van der Waals surface area contributed by atoms with Gasteiger partial charge >= 0.3 is 5.92 Å². The van der Waals surface area contributed by atoms with E-state index < -0.39 is 30.3 Å². The minimum atomic E-state index is -4.12. The molecule has 31 heavy (non-hydrogen) atoms. The van der Waals surface area contributed by atoms with Crippen LogP contribution in [-0.2, 0) is 22.4 Å². The molecule has 0 N–H and O–H groups in total. The molecule has 0 spiro atoms. The molecule has 0 radical (unpaired) electrons. The second-order valence-corrected chi connectivity index (χ2v) is 8.89. The van der Waals surface area contributed by atoms with Crippen LogP contribution >= 0.6 is 22.7 Å². The van der Waals surface area contributed by atoms with E-state index >= 15 is 0 Å². The fourth-order valence-electron chi connectivity index (χ4n) is 2.96. The Labute approximate surface area is 183 Å². The highest BCUT2D eigenvalue weighted by molar-refractivity contribution is 7.19. The first kappa shape index (κ1) is 21.3. The van der Waals surface area contributed by atoms with Crippen LogP contribution in [0, 0.1) is 0 Å². The van der Waals surface area contributed by atoms with Crippen molar-refractivity contribution in [2.24, 2.45) is 0 Å². The van der Waals surface area contributed by atoms with E-state index in [2.05, 4.69) is 9.97 Å². The Kier molecular flexibility index (Phi) is 5.67. The Balaban J connectivity index is 1.49. The van der Waals surface area contributed by atoms with Gasteiger partial charge in [0.05, 0.1) is 47.5 Å². The van der Waals surface area contributed by atoms with Crippen LogP contribution in [0.3, 0.4) is 0 Å². The van der Waals surface area contributed by atoms with Gasteiger partial charge in [0.25, 0.3) is 0 Å². The van der Waals surface area contributed by atoms with E-state index in [1.54, 1.807) is 36.4 Å². The van der Waals surface area contributed by atoms with Gasteiger partial charge in [-0.15, -0.1) is 22.7 Å². The molecule has 0 amide bonds. The first-order valence-electron chi connectivity index (χ1n) is 9.11. The number of carbonyl (C=O) groups excluding carboxylic acids is 2. The lowest BCUT2D eigenvalue weighted by Crippen LogP contribution is -2.40. The molecule has 160 valence electrons. The summed E-state index contributed by atoms with van der Waals surface area (Å²) in [5.74, 6) is -5.88. The zero-order valence-electron chi connectivity index (χ0n) is 16.5. The number of hydrogen-bond acceptors (Lipinski definition) is 8. The summed E-state index contributed by atoms with van der Waals surface area (Å²) in [7, 11) is 3.03. The largest absolute Gasteiger partial charge is 0.497 e. The normalized spacial score (nSPS) is 11.7. The van der Waals surface area contributed by atoms with E-state index in [0.717, 1.165) is 22.7 Å². The van der Waals surface area contributed by atoms with Crippen LogP contribution in [0.1, 0.15) is 10.0 Å². The molecule has 0 fully saturated rings. The lowest BCUT2D eigenvalue weighted by atomic mass is 10.1. The average Bonchev–Trinajstić information content (AvgIpc) is 3.34. The molecule has 0 aliphatic carbocycles. The average molecular weight is 462 g/mol. The van der Waals surface area contributed by atoms with E-state index in [0.29, 0.717) is 31.9 Å². The van der Waals surface area contributed by atoms with Gasteiger partial charge in [0.1, 0.15) is 21.5 Å². The minimum Gasteiger partial charge on any atom is -0.497 e. The number of methoxy groups -OCH3 is 2. The molecule has 4 rings (SSSR count). The van der Waals surface area contributed by atoms with Crippen molar-refractivity contribution in [1.29, 1.82) is 0 Å². The monoisotopic (exact) mass is 462 g/mol. The van der Waals surface area contributed by atoms with Crippen molar-refractivity contribution in [2.45, 2.75) is 18.8 Å². The molecule has 0 aliphatic rings. The second kappa shape index (κ2) is 8.27. The van der Waals surface area contributed by atoms with Gasteiger partial charge in [0.15, 0.2) is 0 Å². The molecule has 0 saturated carbocycles. The van der Waals surface area contributed by atoms with Crippen LogP contribution in [0.25, 0.3) is 20.4 Å². The number of nitrogens with zero attached hydrogens (tertiary/aromatic N) is 2. The summed E-state index contributed by atoms with van der Waals surface area (Å²) in [6.07, 6.45) is -1.26. The number of alkyl halides is 2. The van der Waals surface area contributed by atoms with Crippen molar-refractivity contribution in [1.82, 2.24) is 9.97 Å². The first-order chi connectivity index (χ1) is 14.8. The van der Waals surface area contributed by atoms with Gasteiger partial charge in [0.2, 0.25) is 11.6 Å². The molecule has 4 aromatic rings. The van der Waals surface area contributed by atoms with Gasteiger partial charge in [-0.2, -0.15) is 8.78 Å². The Morgan fingerprint density at radius 1 is 0.839 bits per heavy atom. The number of rotatable bonds is 8. The predicted octanol–water partition coefficient (Wildman–Crippen LogP) is 4.48. The van der Waals surface area contributed by atoms with Gasteiger partial charge in [-0.25, -0.2) is 9.97 Å². The van der Waals surface area contributed by atoms with Crippen LogP contribution in [0.2, 0.25) is 0 Å². The summed E-state index contributed by atoms with van der Waals surface area (Å²) < 4.78 is 40.8. The smallest absolute Gasteiger partial charge is 0.363 e. The third kappa shape index (κ3) is 4.26. The minimum absolute atomic E-state index is 0.216. The lowest BCUT2D eigenvalue weighted by Gasteiger charge is -2.12. The highest BCUT2D eigenvalue weighted by Crippen LogP contribution is 2.30. The molecule has 0 saturated heterocycles. The number of ketones is 2. The van der Waals surface area contributed by atoms with E-state index in [-0.39, 0.29) is 10.0 Å². The Morgan fingerprint density at radius 2 is 1.26 bits per heavy atom. The van der Waals surface area contributed by atoms with Crippen LogP contribution in [0.4, 0.5) is 8.78 Å². The summed E-state index contributed by atoms with van der Waals surface area (Å²) in [4.78, 5) is 32.9. The summed E-state index contributed by atoms with van der Waals surface area (Å²) in [6.45, 7) is 0. The third-order valence-electron chi connectivity index (χ3n) is 4.60. The fraction of sp³-hybridized carbons (Fsp3) is 0.238. The number of thiazole rings is 2. The molecular weight excluding hydrogens is 446 g/mol. The SMILES string of the molecule is COc1ccc2nc(CC(=O)C(F)(F)C(=O)Cc3nc4ccc(OC)cc4s3)sc2c1. The highest BCUT2D eigenvalue weighted by Gasteiger charge is 2.46. The summed E-state index contributed by atoms with van der Waals surface area (Å²) in [5, 5.41) is 0.431. The van der Waals surface area contributed by atoms with E-state index in [9.17, 15) is 18.4 Å². The highest BCUT2D eigenvalue weighted by atomic mass is 32.1. The standard InChI is InChI=1S/C21H16F2N2O4S2/c1-28-11-3-5-13-15(7-11)30-19(24-13)9-17(26)21(22,23)18(27)10-20-25-14-6-4-12(29-2)8-16(14)31-20/h3-8H,9-10H2,1-2H3. The molecule has 0 bridgehead atoms. The molecule has 0 aliphatic heterocycles. The number of carbonyl (C=O) groups is 2. The molecule has 0 unspecified atom stereocenters. The van der Waals surface area contributed by atoms with Gasteiger partial charge in [-0.3, -0.25) is 9.59 Å². The number of halogens is 2. The molecule has 2 heterocycles. The van der Waals surface area contributed by atoms with Gasteiger partial charge in [0, 0.05) is 0 Å². The molecule has 10 heteroatoms. The zero-order chi connectivity index (χ0) is 22.2. The predicted molar refractivity (Wildman–Crippen MR) is 115 cm³/mol. The first-order valence-corrected chi connectivity index (χ1v) is 10.7. The summed E-state index contributed by atoms with van der Waals surface area (Å²) in [6, 6.07) is 10.2. The van der Waals surface area contributed by atoms with Crippen molar-refractivity contribution >= 4 is 54.7 Å². The third-order valence-corrected chi connectivity index (χ3v) is 6.64. The van der Waals surface area contributed by atoms with E-state index in [1.165, 1.54) is 14.2 Å². The fourth-order valence-corrected chi connectivity index (χ4v) is 4.95. The van der Waals surface area contributed by atoms with Crippen molar-refractivity contribution < 1.29 is 27.8 Å². The maximum atomic E-state index is 14.5. The van der Waals surface area contributed by atoms with Crippen LogP contribution in [-0.4, -0.2) is 41.7 Å². The number of ether oxygens (including phenoxy) is 2. The lowest BCUT2D eigenvalue weighted by molar-refractivity contribution is -0.155. The van der Waals surface area contributed by atoms with Gasteiger partial charge in [-0.1, -0.05) is 0 Å². The Bertz CT molecular complexity index is 1200. The number of aromatic nitrogens is 2. The van der Waals surface area contributed by atoms with Crippen molar-refractivity contribution in [3.8, 4) is 11.5 Å². The van der Waals surface area contributed by atoms with E-state index in [1.807, 2.05) is 0 Å². The zero-order valence-corrected chi connectivity index (χ0v) is 18.1. The Hall–Kier alpha value is -2.98. The van der Waals surface area contributed by atoms with Crippen molar-refractivity contribution in [2.75, 3.05) is 14.2 Å². The van der Waals surface area contributed by atoms with Crippen molar-refractivity contribution in [3.05, 3.63) is 46.4 Å². The van der Waals surface area contributed by atoms with Crippen LogP contribution in [0.5, 0.6) is 11.5 Å². The van der Waals surface area contributed by atoms with Crippen molar-refractivity contribution in [3.63, 3.8) is 0 Å². The van der Waals surface area contributed by atoms with Crippen LogP contribution < -0.4 is 9.47 Å². The van der Waals surface area contributed by atoms with Gasteiger partial charge in [-0.05, 0) is 36.4 Å². The quantitative estimate of drug-likeness (QED) is 0.359. The second-order valence-electron chi connectivity index (χ2n) is 6.66. The molecule has 2 aromatic heterocycles. The molecular formula is C21H16F2N2O4S2. The molecule has 0 atom stereocenters. The maximum absolute atomic E-state index is 14.5. The summed E-state index contributed by atoms with van der Waals surface area (Å²) >= 11 is 2.23. The maximum Gasteiger partial charge on any atom is 0.363 e. The van der Waals surface area contributed by atoms with Crippen LogP contribution in [0.15, 0.2) is 36.4 Å². The van der Waals surface area contributed by atoms with E-state index in [4.69, 9.17) is 9.47 Å². The topological polar surface area (TPSA) is 78.4 Å². The number of Topliss-reactive ketones (excluding diaryl/α,β-unsaturated/α-hetero) is 2. The van der Waals surface area contributed by atoms with Gasteiger partial charge < -0.3 is 9.47 Å². The molecule has 6 nitrogen and oxygen atoms in total.